The predicted octanol–water partition coefficient (Wildman–Crippen LogP) is 3.37. The molecule has 0 aliphatic carbocycles. The van der Waals surface area contributed by atoms with Crippen LogP contribution in [0.5, 0.6) is 5.75 Å². The van der Waals surface area contributed by atoms with Crippen molar-refractivity contribution >= 4 is 23.3 Å². The van der Waals surface area contributed by atoms with Crippen molar-refractivity contribution in [3.05, 3.63) is 60.4 Å². The van der Waals surface area contributed by atoms with Crippen LogP contribution < -0.4 is 19.9 Å². The van der Waals surface area contributed by atoms with Crippen LogP contribution in [0.3, 0.4) is 0 Å². The normalized spacial score (nSPS) is 10.4. The maximum atomic E-state index is 5.30. The van der Waals surface area contributed by atoms with E-state index in [0.29, 0.717) is 5.95 Å². The van der Waals surface area contributed by atoms with Crippen molar-refractivity contribution in [3.63, 3.8) is 0 Å². The first-order chi connectivity index (χ1) is 13.5. The fraction of sp³-hybridized carbons (Fsp3) is 0.286. The van der Waals surface area contributed by atoms with E-state index in [1.807, 2.05) is 85.7 Å². The first-order valence-corrected chi connectivity index (χ1v) is 9.13. The van der Waals surface area contributed by atoms with Crippen LogP contribution in [0.2, 0.25) is 0 Å². The minimum atomic E-state index is 0.660. The van der Waals surface area contributed by atoms with Gasteiger partial charge in [0.1, 0.15) is 17.4 Å². The molecule has 0 radical (unpaired) electrons. The molecule has 0 fully saturated rings. The van der Waals surface area contributed by atoms with E-state index >= 15 is 0 Å². The van der Waals surface area contributed by atoms with Crippen molar-refractivity contribution in [3.8, 4) is 5.75 Å². The van der Waals surface area contributed by atoms with Crippen LogP contribution in [0.25, 0.3) is 0 Å². The lowest BCUT2D eigenvalue weighted by atomic mass is 10.2. The number of anilines is 4. The van der Waals surface area contributed by atoms with Gasteiger partial charge in [-0.3, -0.25) is 4.98 Å². The number of ether oxygens (including phenoxy) is 1. The SMILES string of the molecule is COc1cccc(Nc2cc(N(C)C)nc(N(C)CCc3ccccn3)n2)c1. The Kier molecular flexibility index (Phi) is 6.26. The van der Waals surface area contributed by atoms with E-state index in [1.54, 1.807) is 7.11 Å². The molecular weight excluding hydrogens is 352 g/mol. The van der Waals surface area contributed by atoms with E-state index in [4.69, 9.17) is 9.72 Å². The molecule has 0 saturated carbocycles. The number of nitrogens with zero attached hydrogens (tertiary/aromatic N) is 5. The topological polar surface area (TPSA) is 66.4 Å². The minimum absolute atomic E-state index is 0.660. The predicted molar refractivity (Wildman–Crippen MR) is 114 cm³/mol. The lowest BCUT2D eigenvalue weighted by Crippen LogP contribution is -2.24. The number of methoxy groups -OCH3 is 1. The van der Waals surface area contributed by atoms with Crippen LogP contribution in [-0.4, -0.2) is 49.7 Å². The second-order valence-corrected chi connectivity index (χ2v) is 6.66. The molecular formula is C21H26N6O. The van der Waals surface area contributed by atoms with Gasteiger partial charge >= 0.3 is 0 Å². The van der Waals surface area contributed by atoms with E-state index in [0.717, 1.165) is 41.7 Å². The van der Waals surface area contributed by atoms with Gasteiger partial charge in [0.25, 0.3) is 0 Å². The van der Waals surface area contributed by atoms with Gasteiger partial charge in [-0.05, 0) is 24.3 Å². The highest BCUT2D eigenvalue weighted by Crippen LogP contribution is 2.24. The second-order valence-electron chi connectivity index (χ2n) is 6.66. The van der Waals surface area contributed by atoms with Gasteiger partial charge < -0.3 is 19.9 Å². The quantitative estimate of drug-likeness (QED) is 0.645. The zero-order valence-corrected chi connectivity index (χ0v) is 16.8. The van der Waals surface area contributed by atoms with E-state index in [-0.39, 0.29) is 0 Å². The average molecular weight is 378 g/mol. The molecule has 0 saturated heterocycles. The highest BCUT2D eigenvalue weighted by Gasteiger charge is 2.11. The standard InChI is InChI=1S/C21H26N6O/c1-26(2)20-15-19(23-17-9-7-10-18(14-17)28-4)24-21(25-20)27(3)13-11-16-8-5-6-12-22-16/h5-10,12,14-15H,11,13H2,1-4H3,(H,23,24,25). The first kappa shape index (κ1) is 19.4. The van der Waals surface area contributed by atoms with Crippen LogP contribution >= 0.6 is 0 Å². The summed E-state index contributed by atoms with van der Waals surface area (Å²) in [6, 6.07) is 15.6. The summed E-state index contributed by atoms with van der Waals surface area (Å²) in [5.41, 5.74) is 1.96. The van der Waals surface area contributed by atoms with Gasteiger partial charge in [0.15, 0.2) is 0 Å². The van der Waals surface area contributed by atoms with Gasteiger partial charge in [0.05, 0.1) is 7.11 Å². The van der Waals surface area contributed by atoms with Gasteiger partial charge in [0.2, 0.25) is 5.95 Å². The molecule has 1 aromatic carbocycles. The van der Waals surface area contributed by atoms with Gasteiger partial charge in [-0.1, -0.05) is 12.1 Å². The van der Waals surface area contributed by atoms with E-state index in [1.165, 1.54) is 0 Å². The largest absolute Gasteiger partial charge is 0.497 e. The molecule has 7 heteroatoms. The number of likely N-dealkylation sites (N-methyl/N-ethyl adjacent to an activating group) is 1. The van der Waals surface area contributed by atoms with Crippen LogP contribution in [0.4, 0.5) is 23.3 Å². The van der Waals surface area contributed by atoms with Crippen molar-refractivity contribution in [2.45, 2.75) is 6.42 Å². The summed E-state index contributed by atoms with van der Waals surface area (Å²) in [5.74, 6) is 3.01. The lowest BCUT2D eigenvalue weighted by Gasteiger charge is -2.21. The van der Waals surface area contributed by atoms with Crippen LogP contribution in [-0.2, 0) is 6.42 Å². The molecule has 0 aliphatic heterocycles. The fourth-order valence-corrected chi connectivity index (χ4v) is 2.66. The Morgan fingerprint density at radius 1 is 1.00 bits per heavy atom. The van der Waals surface area contributed by atoms with E-state index < -0.39 is 0 Å². The van der Waals surface area contributed by atoms with Gasteiger partial charge in [-0.25, -0.2) is 0 Å². The number of benzene rings is 1. The molecule has 3 aromatic rings. The number of hydrogen-bond acceptors (Lipinski definition) is 7. The molecule has 0 amide bonds. The third-order valence-corrected chi connectivity index (χ3v) is 4.27. The van der Waals surface area contributed by atoms with Crippen molar-refractivity contribution in [1.82, 2.24) is 15.0 Å². The molecule has 0 aliphatic rings. The Morgan fingerprint density at radius 3 is 2.57 bits per heavy atom. The van der Waals surface area contributed by atoms with Crippen LogP contribution in [0.1, 0.15) is 5.69 Å². The maximum Gasteiger partial charge on any atom is 0.229 e. The first-order valence-electron chi connectivity index (χ1n) is 9.13. The summed E-state index contributed by atoms with van der Waals surface area (Å²) in [4.78, 5) is 17.8. The highest BCUT2D eigenvalue weighted by molar-refractivity contribution is 5.62. The van der Waals surface area contributed by atoms with Crippen molar-refractivity contribution in [2.75, 3.05) is 49.9 Å². The smallest absolute Gasteiger partial charge is 0.229 e. The molecule has 2 aromatic heterocycles. The summed E-state index contributed by atoms with van der Waals surface area (Å²) in [7, 11) is 7.58. The maximum absolute atomic E-state index is 5.30. The Labute approximate surface area is 166 Å². The average Bonchev–Trinajstić information content (AvgIpc) is 2.72. The second kappa shape index (κ2) is 9.03. The van der Waals surface area contributed by atoms with Gasteiger partial charge in [0, 0.05) is 63.8 Å². The van der Waals surface area contributed by atoms with Crippen molar-refractivity contribution < 1.29 is 4.74 Å². The molecule has 0 bridgehead atoms. The van der Waals surface area contributed by atoms with Crippen LogP contribution in [0.15, 0.2) is 54.7 Å². The molecule has 1 N–H and O–H groups in total. The van der Waals surface area contributed by atoms with Crippen molar-refractivity contribution in [2.24, 2.45) is 0 Å². The minimum Gasteiger partial charge on any atom is -0.497 e. The number of pyridine rings is 1. The Balaban J connectivity index is 1.80. The zero-order chi connectivity index (χ0) is 19.9. The van der Waals surface area contributed by atoms with E-state index in [2.05, 4.69) is 15.3 Å². The molecule has 0 unspecified atom stereocenters. The number of rotatable bonds is 8. The summed E-state index contributed by atoms with van der Waals surface area (Å²) in [5, 5.41) is 3.35. The Bertz CT molecular complexity index is 900. The molecule has 2 heterocycles. The monoisotopic (exact) mass is 378 g/mol. The van der Waals surface area contributed by atoms with Crippen molar-refractivity contribution in [1.29, 1.82) is 0 Å². The number of aromatic nitrogens is 3. The highest BCUT2D eigenvalue weighted by atomic mass is 16.5. The Morgan fingerprint density at radius 2 is 1.86 bits per heavy atom. The van der Waals surface area contributed by atoms with Gasteiger partial charge in [-0.2, -0.15) is 9.97 Å². The molecule has 146 valence electrons. The Hall–Kier alpha value is -3.35. The molecule has 0 spiro atoms. The third kappa shape index (κ3) is 5.09. The summed E-state index contributed by atoms with van der Waals surface area (Å²) in [6.45, 7) is 0.770. The third-order valence-electron chi connectivity index (χ3n) is 4.27. The van der Waals surface area contributed by atoms with Gasteiger partial charge in [-0.15, -0.1) is 0 Å². The molecule has 3 rings (SSSR count). The number of nitrogens with one attached hydrogen (secondary N) is 1. The summed E-state index contributed by atoms with van der Waals surface area (Å²) < 4.78 is 5.30. The fourth-order valence-electron chi connectivity index (χ4n) is 2.66. The number of hydrogen-bond donors (Lipinski definition) is 1. The van der Waals surface area contributed by atoms with Crippen LogP contribution in [0, 0.1) is 0 Å². The molecule has 7 nitrogen and oxygen atoms in total. The molecule has 28 heavy (non-hydrogen) atoms. The summed E-state index contributed by atoms with van der Waals surface area (Å²) >= 11 is 0. The zero-order valence-electron chi connectivity index (χ0n) is 16.8. The molecule has 0 atom stereocenters. The summed E-state index contributed by atoms with van der Waals surface area (Å²) in [6.07, 6.45) is 2.64. The van der Waals surface area contributed by atoms with E-state index in [9.17, 15) is 0 Å². The lowest BCUT2D eigenvalue weighted by molar-refractivity contribution is 0.415.